The molecule has 1 aromatic heterocycles. The van der Waals surface area contributed by atoms with Gasteiger partial charge in [-0.25, -0.2) is 0 Å². The van der Waals surface area contributed by atoms with Gasteiger partial charge in [-0.1, -0.05) is 48.0 Å². The van der Waals surface area contributed by atoms with Crippen molar-refractivity contribution in [1.82, 2.24) is 10.2 Å². The van der Waals surface area contributed by atoms with Crippen LogP contribution in [0.2, 0.25) is 5.02 Å². The zero-order chi connectivity index (χ0) is 20.5. The number of carbonyl (C=O) groups excluding carboxylic acids is 1. The van der Waals surface area contributed by atoms with Gasteiger partial charge in [0.25, 0.3) is 5.91 Å². The number of rotatable bonds is 4. The number of thiophene rings is 1. The van der Waals surface area contributed by atoms with Crippen molar-refractivity contribution < 1.29 is 4.79 Å². The Hall–Kier alpha value is -2.14. The summed E-state index contributed by atoms with van der Waals surface area (Å²) in [7, 11) is 0. The Bertz CT molecular complexity index is 1050. The number of carbonyl (C=O) groups is 1. The predicted octanol–water partition coefficient (Wildman–Crippen LogP) is 5.56. The molecule has 30 heavy (non-hydrogen) atoms. The lowest BCUT2D eigenvalue weighted by atomic mass is 9.91. The Balaban J connectivity index is 1.18. The van der Waals surface area contributed by atoms with Crippen molar-refractivity contribution in [3.63, 3.8) is 0 Å². The van der Waals surface area contributed by atoms with E-state index in [0.717, 1.165) is 55.2 Å². The maximum Gasteiger partial charge on any atom is 0.261 e. The number of hydrogen-bond acceptors (Lipinski definition) is 3. The Morgan fingerprint density at radius 1 is 1.03 bits per heavy atom. The second-order valence-corrected chi connectivity index (χ2v) is 9.76. The molecule has 2 aliphatic rings. The molecule has 2 heterocycles. The molecule has 2 aromatic carbocycles. The minimum Gasteiger partial charge on any atom is -0.349 e. The lowest BCUT2D eigenvalue weighted by Gasteiger charge is -2.32. The van der Waals surface area contributed by atoms with Crippen molar-refractivity contribution in [3.05, 3.63) is 81.2 Å². The van der Waals surface area contributed by atoms with Gasteiger partial charge in [0.15, 0.2) is 0 Å². The van der Waals surface area contributed by atoms with Crippen molar-refractivity contribution in [2.45, 2.75) is 38.3 Å². The van der Waals surface area contributed by atoms with E-state index in [0.29, 0.717) is 0 Å². The van der Waals surface area contributed by atoms with E-state index >= 15 is 0 Å². The van der Waals surface area contributed by atoms with E-state index in [1.165, 1.54) is 27.1 Å². The van der Waals surface area contributed by atoms with Gasteiger partial charge in [-0.3, -0.25) is 9.69 Å². The Kier molecular flexibility index (Phi) is 5.64. The first-order valence-corrected chi connectivity index (χ1v) is 11.8. The van der Waals surface area contributed by atoms with Crippen LogP contribution in [0.5, 0.6) is 0 Å². The van der Waals surface area contributed by atoms with Crippen LogP contribution in [0, 0.1) is 0 Å². The maximum absolute atomic E-state index is 12.9. The van der Waals surface area contributed by atoms with Crippen LogP contribution in [-0.4, -0.2) is 29.9 Å². The van der Waals surface area contributed by atoms with Crippen molar-refractivity contribution in [1.29, 1.82) is 0 Å². The topological polar surface area (TPSA) is 32.3 Å². The van der Waals surface area contributed by atoms with E-state index in [1.54, 1.807) is 11.3 Å². The van der Waals surface area contributed by atoms with Crippen LogP contribution in [0.25, 0.3) is 10.4 Å². The van der Waals surface area contributed by atoms with Crippen LogP contribution in [0.3, 0.4) is 0 Å². The van der Waals surface area contributed by atoms with Crippen LogP contribution in [-0.2, 0) is 19.4 Å². The highest BCUT2D eigenvalue weighted by atomic mass is 35.5. The van der Waals surface area contributed by atoms with Crippen molar-refractivity contribution >= 4 is 28.8 Å². The van der Waals surface area contributed by atoms with Crippen LogP contribution < -0.4 is 5.32 Å². The van der Waals surface area contributed by atoms with E-state index in [9.17, 15) is 4.79 Å². The number of likely N-dealkylation sites (tertiary alicyclic amines) is 1. The number of piperidine rings is 1. The molecule has 3 nitrogen and oxygen atoms in total. The highest BCUT2D eigenvalue weighted by Crippen LogP contribution is 2.39. The van der Waals surface area contributed by atoms with Gasteiger partial charge in [-0.05, 0) is 66.1 Å². The first kappa shape index (κ1) is 19.8. The predicted molar refractivity (Wildman–Crippen MR) is 124 cm³/mol. The number of fused-ring (bicyclic) bond motifs is 3. The average Bonchev–Trinajstić information content (AvgIpc) is 3.22. The molecule has 154 valence electrons. The maximum atomic E-state index is 12.9. The quantitative estimate of drug-likeness (QED) is 0.580. The highest BCUT2D eigenvalue weighted by Gasteiger charge is 2.24. The summed E-state index contributed by atoms with van der Waals surface area (Å²) in [5, 5.41) is 4.06. The largest absolute Gasteiger partial charge is 0.349 e. The summed E-state index contributed by atoms with van der Waals surface area (Å²) in [4.78, 5) is 17.5. The monoisotopic (exact) mass is 436 g/mol. The summed E-state index contributed by atoms with van der Waals surface area (Å²) in [5.74, 6) is 0.0861. The Labute approximate surface area is 186 Å². The van der Waals surface area contributed by atoms with Gasteiger partial charge in [0.1, 0.15) is 0 Å². The van der Waals surface area contributed by atoms with Gasteiger partial charge >= 0.3 is 0 Å². The van der Waals surface area contributed by atoms with Gasteiger partial charge in [-0.2, -0.15) is 0 Å². The summed E-state index contributed by atoms with van der Waals surface area (Å²) in [6.07, 6.45) is 4.08. The molecule has 0 unspecified atom stereocenters. The summed E-state index contributed by atoms with van der Waals surface area (Å²) in [6.45, 7) is 2.94. The fourth-order valence-electron chi connectivity index (χ4n) is 4.52. The first-order valence-electron chi connectivity index (χ1n) is 10.6. The molecule has 0 radical (unpaired) electrons. The summed E-state index contributed by atoms with van der Waals surface area (Å²) < 4.78 is 0. The van der Waals surface area contributed by atoms with Crippen molar-refractivity contribution in [2.24, 2.45) is 0 Å². The van der Waals surface area contributed by atoms with E-state index in [-0.39, 0.29) is 11.9 Å². The zero-order valence-corrected chi connectivity index (χ0v) is 18.4. The fraction of sp³-hybridized carbons (Fsp3) is 0.320. The molecule has 5 heteroatoms. The average molecular weight is 437 g/mol. The van der Waals surface area contributed by atoms with Gasteiger partial charge in [0.2, 0.25) is 0 Å². The number of hydrogen-bond donors (Lipinski definition) is 1. The number of benzene rings is 2. The molecule has 0 spiro atoms. The Morgan fingerprint density at radius 3 is 2.57 bits per heavy atom. The summed E-state index contributed by atoms with van der Waals surface area (Å²) in [6, 6.07) is 19.0. The molecule has 1 N–H and O–H groups in total. The number of amides is 1. The molecule has 1 fully saturated rings. The number of halogens is 1. The molecular formula is C25H25ClN2OS. The number of nitrogens with one attached hydrogen (secondary N) is 1. The minimum atomic E-state index is 0.0861. The number of nitrogens with zero attached hydrogens (tertiary/aromatic N) is 1. The molecule has 1 amide bonds. The highest BCUT2D eigenvalue weighted by molar-refractivity contribution is 7.17. The van der Waals surface area contributed by atoms with Crippen LogP contribution >= 0.6 is 22.9 Å². The third-order valence-corrected chi connectivity index (χ3v) is 7.66. The molecule has 0 atom stereocenters. The molecule has 3 aromatic rings. The number of aryl methyl sites for hydroxylation is 2. The van der Waals surface area contributed by atoms with Gasteiger partial charge in [0, 0.05) is 35.6 Å². The van der Waals surface area contributed by atoms with E-state index < -0.39 is 0 Å². The standard InChI is InChI=1S/C25H25ClN2OS/c26-20-9-5-17(6-10-20)16-28-13-11-21(12-14-28)27-25(29)23-15-19-8-7-18-3-1-2-4-22(18)24(19)30-23/h1-6,9-10,15,21H,7-8,11-14,16H2,(H,27,29). The van der Waals surface area contributed by atoms with E-state index in [2.05, 4.69) is 52.7 Å². The molecule has 1 aliphatic carbocycles. The van der Waals surface area contributed by atoms with Gasteiger partial charge < -0.3 is 5.32 Å². The van der Waals surface area contributed by atoms with E-state index in [1.807, 2.05) is 12.1 Å². The minimum absolute atomic E-state index is 0.0861. The first-order chi connectivity index (χ1) is 14.7. The second kappa shape index (κ2) is 8.54. The SMILES string of the molecule is O=C(NC1CCN(Cc2ccc(Cl)cc2)CC1)c1cc2c(s1)-c1ccccc1CC2. The fourth-order valence-corrected chi connectivity index (χ4v) is 5.82. The van der Waals surface area contributed by atoms with Gasteiger partial charge in [-0.15, -0.1) is 11.3 Å². The molecule has 1 saturated heterocycles. The second-order valence-electron chi connectivity index (χ2n) is 8.27. The third-order valence-electron chi connectivity index (χ3n) is 6.20. The van der Waals surface area contributed by atoms with Gasteiger partial charge in [0.05, 0.1) is 4.88 Å². The van der Waals surface area contributed by atoms with Crippen molar-refractivity contribution in [2.75, 3.05) is 13.1 Å². The smallest absolute Gasteiger partial charge is 0.261 e. The summed E-state index contributed by atoms with van der Waals surface area (Å²) >= 11 is 7.62. The summed E-state index contributed by atoms with van der Waals surface area (Å²) in [5.41, 5.74) is 5.30. The molecular weight excluding hydrogens is 412 g/mol. The van der Waals surface area contributed by atoms with Crippen LogP contribution in [0.1, 0.15) is 39.2 Å². The molecule has 0 saturated carbocycles. The van der Waals surface area contributed by atoms with Crippen molar-refractivity contribution in [3.8, 4) is 10.4 Å². The van der Waals surface area contributed by atoms with E-state index in [4.69, 9.17) is 11.6 Å². The molecule has 1 aliphatic heterocycles. The van der Waals surface area contributed by atoms with Crippen LogP contribution in [0.4, 0.5) is 0 Å². The third kappa shape index (κ3) is 4.18. The normalized spacial score (nSPS) is 16.7. The zero-order valence-electron chi connectivity index (χ0n) is 16.9. The Morgan fingerprint density at radius 2 is 1.77 bits per heavy atom. The lowest BCUT2D eigenvalue weighted by Crippen LogP contribution is -2.44. The van der Waals surface area contributed by atoms with Crippen LogP contribution in [0.15, 0.2) is 54.6 Å². The molecule has 0 bridgehead atoms. The molecule has 5 rings (SSSR count). The lowest BCUT2D eigenvalue weighted by molar-refractivity contribution is 0.0913.